The van der Waals surface area contributed by atoms with Gasteiger partial charge in [0.25, 0.3) is 0 Å². The number of amides is 1. The number of allylic oxidation sites excluding steroid dienone is 1. The van der Waals surface area contributed by atoms with Crippen LogP contribution in [0.1, 0.15) is 77.5 Å². The fraction of sp³-hybridized carbons (Fsp3) is 0.692. The quantitative estimate of drug-likeness (QED) is 0.285. The van der Waals surface area contributed by atoms with Crippen molar-refractivity contribution >= 4 is 35.9 Å². The molecule has 36 heavy (non-hydrogen) atoms. The van der Waals surface area contributed by atoms with Gasteiger partial charge in [-0.1, -0.05) is 18.0 Å². The van der Waals surface area contributed by atoms with Gasteiger partial charge in [-0.15, -0.1) is 0 Å². The molecule has 0 spiro atoms. The molecule has 2 aliphatic rings. The molecule has 0 atom stereocenters. The number of halogens is 1. The molecule has 0 aromatic carbocycles. The number of aliphatic imine (C=N–C) groups is 2. The largest absolute Gasteiger partial charge is 0.369 e. The smallest absolute Gasteiger partial charge is 0.228 e. The van der Waals surface area contributed by atoms with E-state index in [-0.39, 0.29) is 5.91 Å². The number of rotatable bonds is 9. The van der Waals surface area contributed by atoms with Crippen LogP contribution in [-0.4, -0.2) is 76.9 Å². The predicted octanol–water partition coefficient (Wildman–Crippen LogP) is 4.52. The molecule has 0 bridgehead atoms. The highest BCUT2D eigenvalue weighted by Gasteiger charge is 2.23. The summed E-state index contributed by atoms with van der Waals surface area (Å²) in [5, 5.41) is 11.9. The number of anilines is 1. The van der Waals surface area contributed by atoms with E-state index in [4.69, 9.17) is 16.7 Å². The Labute approximate surface area is 221 Å². The highest BCUT2D eigenvalue weighted by atomic mass is 35.5. The summed E-state index contributed by atoms with van der Waals surface area (Å²) in [6.45, 7) is 16.4. The van der Waals surface area contributed by atoms with Gasteiger partial charge in [0.15, 0.2) is 0 Å². The highest BCUT2D eigenvalue weighted by Crippen LogP contribution is 2.26. The summed E-state index contributed by atoms with van der Waals surface area (Å²) in [4.78, 5) is 25.3. The third-order valence-corrected chi connectivity index (χ3v) is 7.21. The number of aromatic nitrogens is 2. The number of likely N-dealkylation sites (tertiary alicyclic amines) is 2. The minimum atomic E-state index is 0.263. The number of aryl methyl sites for hydroxylation is 1. The van der Waals surface area contributed by atoms with Crippen molar-refractivity contribution in [1.82, 2.24) is 24.9 Å². The van der Waals surface area contributed by atoms with Gasteiger partial charge in [0.1, 0.15) is 5.82 Å². The van der Waals surface area contributed by atoms with Crippen LogP contribution in [0.4, 0.5) is 5.69 Å². The van der Waals surface area contributed by atoms with Crippen LogP contribution in [0.5, 0.6) is 0 Å². The van der Waals surface area contributed by atoms with Crippen LogP contribution < -0.4 is 10.6 Å². The van der Waals surface area contributed by atoms with Crippen molar-refractivity contribution < 1.29 is 4.79 Å². The molecule has 0 unspecified atom stereocenters. The minimum absolute atomic E-state index is 0.263. The summed E-state index contributed by atoms with van der Waals surface area (Å²) in [5.41, 5.74) is 1.75. The summed E-state index contributed by atoms with van der Waals surface area (Å²) in [7, 11) is 0. The van der Waals surface area contributed by atoms with E-state index in [1.807, 2.05) is 18.0 Å². The summed E-state index contributed by atoms with van der Waals surface area (Å²) < 4.78 is 2.07. The molecule has 9 nitrogen and oxygen atoms in total. The van der Waals surface area contributed by atoms with E-state index in [0.29, 0.717) is 41.9 Å². The molecule has 0 aliphatic carbocycles. The lowest BCUT2D eigenvalue weighted by Crippen LogP contribution is -2.39. The van der Waals surface area contributed by atoms with Crippen molar-refractivity contribution in [2.45, 2.75) is 84.7 Å². The highest BCUT2D eigenvalue weighted by molar-refractivity contribution is 6.29. The average molecular weight is 519 g/mol. The molecule has 1 aromatic heterocycles. The Morgan fingerprint density at radius 1 is 1.25 bits per heavy atom. The fourth-order valence-corrected chi connectivity index (χ4v) is 4.89. The molecule has 10 heteroatoms. The number of hydrogen-bond acceptors (Lipinski definition) is 5. The molecule has 3 heterocycles. The molecule has 2 N–H and O–H groups in total. The molecule has 2 fully saturated rings. The summed E-state index contributed by atoms with van der Waals surface area (Å²) in [5.74, 6) is 1.16. The molecule has 1 amide bonds. The van der Waals surface area contributed by atoms with Crippen LogP contribution in [0.3, 0.4) is 0 Å². The Bertz CT molecular complexity index is 942. The van der Waals surface area contributed by atoms with Gasteiger partial charge in [-0.3, -0.25) is 9.48 Å². The minimum Gasteiger partial charge on any atom is -0.369 e. The first-order valence-electron chi connectivity index (χ1n) is 13.3. The first-order chi connectivity index (χ1) is 17.3. The Kier molecular flexibility index (Phi) is 10.8. The zero-order valence-electron chi connectivity index (χ0n) is 22.4. The lowest BCUT2D eigenvalue weighted by Gasteiger charge is -2.34. The maximum atomic E-state index is 12.2. The molecular weight excluding hydrogens is 476 g/mol. The van der Waals surface area contributed by atoms with Crippen LogP contribution in [0.2, 0.25) is 0 Å². The first kappa shape index (κ1) is 28.2. The predicted molar refractivity (Wildman–Crippen MR) is 149 cm³/mol. The second-order valence-corrected chi connectivity index (χ2v) is 10.6. The van der Waals surface area contributed by atoms with Gasteiger partial charge in [0, 0.05) is 51.4 Å². The molecular formula is C26H43ClN8O. The van der Waals surface area contributed by atoms with Gasteiger partial charge in [-0.2, -0.15) is 10.1 Å². The third-order valence-electron chi connectivity index (χ3n) is 7.03. The van der Waals surface area contributed by atoms with Crippen molar-refractivity contribution in [3.63, 3.8) is 0 Å². The van der Waals surface area contributed by atoms with Gasteiger partial charge in [0.2, 0.25) is 11.9 Å². The van der Waals surface area contributed by atoms with E-state index in [0.717, 1.165) is 76.1 Å². The number of carbonyl (C=O) groups is 1. The van der Waals surface area contributed by atoms with Gasteiger partial charge in [-0.05, 0) is 66.5 Å². The van der Waals surface area contributed by atoms with E-state index in [1.54, 1.807) is 6.92 Å². The number of hydrogen-bond donors (Lipinski definition) is 2. The van der Waals surface area contributed by atoms with Crippen LogP contribution in [-0.2, 0) is 4.79 Å². The first-order valence-corrected chi connectivity index (χ1v) is 13.7. The van der Waals surface area contributed by atoms with Crippen molar-refractivity contribution in [2.24, 2.45) is 9.98 Å². The Balaban J connectivity index is 1.56. The zero-order chi connectivity index (χ0) is 26.1. The number of nitrogens with one attached hydrogen (secondary N) is 2. The number of carbonyl (C=O) groups excluding carboxylic acids is 1. The molecule has 0 radical (unpaired) electrons. The van der Waals surface area contributed by atoms with Crippen molar-refractivity contribution in [3.8, 4) is 0 Å². The maximum absolute atomic E-state index is 12.2. The van der Waals surface area contributed by atoms with Crippen molar-refractivity contribution in [1.29, 1.82) is 0 Å². The van der Waals surface area contributed by atoms with Crippen LogP contribution in [0.15, 0.2) is 27.0 Å². The number of piperidine rings is 1. The second kappa shape index (κ2) is 13.8. The van der Waals surface area contributed by atoms with E-state index in [2.05, 4.69) is 50.8 Å². The lowest BCUT2D eigenvalue weighted by molar-refractivity contribution is -0.130. The number of guanidine groups is 1. The standard InChI is InChI=1S/C26H43ClN8O/c1-19(2)33-16-11-22(12-17-33)35-18-23(21(4)32-35)30-26(28-5)31-25(20(3)27)29-13-9-15-34-14-8-6-7-10-24(34)36/h18-19,22,29H,5-17H2,1-4H3,(H,30,31)/b25-20+. The number of nitrogens with zero attached hydrogens (tertiary/aromatic N) is 6. The molecule has 2 saturated heterocycles. The molecule has 1 aromatic rings. The summed E-state index contributed by atoms with van der Waals surface area (Å²) in [6.07, 6.45) is 8.91. The van der Waals surface area contributed by atoms with E-state index >= 15 is 0 Å². The fourth-order valence-electron chi connectivity index (χ4n) is 4.78. The Hall–Kier alpha value is -2.39. The molecule has 200 valence electrons. The maximum Gasteiger partial charge on any atom is 0.228 e. The molecule has 0 saturated carbocycles. The lowest BCUT2D eigenvalue weighted by atomic mass is 10.0. The topological polar surface area (TPSA) is 90.2 Å². The second-order valence-electron chi connectivity index (χ2n) is 10.0. The molecule has 3 rings (SSSR count). The Morgan fingerprint density at radius 2 is 2.00 bits per heavy atom. The third kappa shape index (κ3) is 8.06. The van der Waals surface area contributed by atoms with Crippen LogP contribution >= 0.6 is 11.6 Å². The normalized spacial score (nSPS) is 19.3. The van der Waals surface area contributed by atoms with E-state index in [1.165, 1.54) is 0 Å². The van der Waals surface area contributed by atoms with Crippen molar-refractivity contribution in [3.05, 3.63) is 22.7 Å². The van der Waals surface area contributed by atoms with Crippen molar-refractivity contribution in [2.75, 3.05) is 38.0 Å². The van der Waals surface area contributed by atoms with E-state index < -0.39 is 0 Å². The molecule has 2 aliphatic heterocycles. The van der Waals surface area contributed by atoms with Crippen LogP contribution in [0.25, 0.3) is 0 Å². The van der Waals surface area contributed by atoms with Crippen LogP contribution in [0, 0.1) is 6.92 Å². The Morgan fingerprint density at radius 3 is 2.67 bits per heavy atom. The monoisotopic (exact) mass is 518 g/mol. The van der Waals surface area contributed by atoms with Gasteiger partial charge < -0.3 is 20.4 Å². The zero-order valence-corrected chi connectivity index (χ0v) is 23.1. The average Bonchev–Trinajstić information content (AvgIpc) is 3.09. The van der Waals surface area contributed by atoms with Gasteiger partial charge in [-0.25, -0.2) is 4.99 Å². The van der Waals surface area contributed by atoms with Gasteiger partial charge in [0.05, 0.1) is 22.5 Å². The SMILES string of the molecule is C=N/C(=N\C(NCCCN1CCCCCC1=O)=C(/C)Cl)Nc1cn(C2CCN(C(C)C)CC2)nc1C. The van der Waals surface area contributed by atoms with E-state index in [9.17, 15) is 4.79 Å². The van der Waals surface area contributed by atoms with Gasteiger partial charge >= 0.3 is 0 Å². The summed E-state index contributed by atoms with van der Waals surface area (Å²) in [6, 6.07) is 0.975. The summed E-state index contributed by atoms with van der Waals surface area (Å²) >= 11 is 6.33.